The number of aliphatic hydroxyl groups excluding tert-OH is 1. The molecule has 4 aliphatic rings. The van der Waals surface area contributed by atoms with E-state index in [1.54, 1.807) is 12.1 Å². The van der Waals surface area contributed by atoms with Crippen LogP contribution in [0.4, 0.5) is 0 Å². The second-order valence-corrected chi connectivity index (χ2v) is 14.8. The summed E-state index contributed by atoms with van der Waals surface area (Å²) in [7, 11) is -3.20. The maximum atomic E-state index is 12.9. The Kier molecular flexibility index (Phi) is 6.26. The number of sulfone groups is 1. The first-order chi connectivity index (χ1) is 15.6. The summed E-state index contributed by atoms with van der Waals surface area (Å²) in [6.07, 6.45) is 11.8. The van der Waals surface area contributed by atoms with Crippen LogP contribution in [0.3, 0.4) is 0 Å². The van der Waals surface area contributed by atoms with Crippen molar-refractivity contribution in [2.24, 2.45) is 46.3 Å². The Balaban J connectivity index is 1.28. The van der Waals surface area contributed by atoms with E-state index in [-0.39, 0.29) is 11.9 Å². The topological polar surface area (TPSA) is 54.4 Å². The zero-order chi connectivity index (χ0) is 23.4. The summed E-state index contributed by atoms with van der Waals surface area (Å²) in [6, 6.07) is 8.98. The van der Waals surface area contributed by atoms with Gasteiger partial charge < -0.3 is 5.11 Å². The largest absolute Gasteiger partial charge is 0.393 e. The molecular formula is C29H44O3S. The summed E-state index contributed by atoms with van der Waals surface area (Å²) >= 11 is 0. The quantitative estimate of drug-likeness (QED) is 0.532. The molecule has 0 aliphatic heterocycles. The first-order valence-corrected chi connectivity index (χ1v) is 15.3. The van der Waals surface area contributed by atoms with E-state index in [4.69, 9.17) is 0 Å². The summed E-state index contributed by atoms with van der Waals surface area (Å²) < 4.78 is 25.8. The van der Waals surface area contributed by atoms with Crippen molar-refractivity contribution in [2.45, 2.75) is 96.0 Å². The van der Waals surface area contributed by atoms with Crippen molar-refractivity contribution >= 4 is 9.84 Å². The van der Waals surface area contributed by atoms with Gasteiger partial charge in [0, 0.05) is 0 Å². The van der Waals surface area contributed by atoms with Crippen LogP contribution in [0.2, 0.25) is 0 Å². The molecule has 0 saturated heterocycles. The molecule has 4 saturated carbocycles. The molecule has 1 aromatic carbocycles. The van der Waals surface area contributed by atoms with E-state index in [1.165, 1.54) is 44.9 Å². The Hall–Kier alpha value is -0.870. The predicted octanol–water partition coefficient (Wildman–Crippen LogP) is 6.51. The highest BCUT2D eigenvalue weighted by Crippen LogP contribution is 2.68. The Morgan fingerprint density at radius 2 is 1.64 bits per heavy atom. The molecule has 0 amide bonds. The molecule has 33 heavy (non-hydrogen) atoms. The lowest BCUT2D eigenvalue weighted by atomic mass is 9.44. The molecule has 5 rings (SSSR count). The minimum Gasteiger partial charge on any atom is -0.393 e. The van der Waals surface area contributed by atoms with E-state index in [0.29, 0.717) is 33.5 Å². The molecule has 4 heteroatoms. The molecular weight excluding hydrogens is 428 g/mol. The molecule has 1 aromatic rings. The number of fused-ring (bicyclic) bond motifs is 5. The van der Waals surface area contributed by atoms with Gasteiger partial charge in [-0.1, -0.05) is 39.0 Å². The first-order valence-electron chi connectivity index (χ1n) is 13.6. The van der Waals surface area contributed by atoms with Gasteiger partial charge in [-0.25, -0.2) is 8.42 Å². The fourth-order valence-corrected chi connectivity index (χ4v) is 11.0. The molecule has 3 nitrogen and oxygen atoms in total. The highest BCUT2D eigenvalue weighted by atomic mass is 32.2. The molecule has 1 N–H and O–H groups in total. The molecule has 0 aromatic heterocycles. The fourth-order valence-electron chi connectivity index (χ4n) is 9.50. The molecule has 184 valence electrons. The van der Waals surface area contributed by atoms with Crippen LogP contribution in [-0.4, -0.2) is 25.4 Å². The number of hydrogen-bond donors (Lipinski definition) is 1. The average molecular weight is 473 g/mol. The maximum absolute atomic E-state index is 12.9. The lowest BCUT2D eigenvalue weighted by Crippen LogP contribution is -2.54. The van der Waals surface area contributed by atoms with Gasteiger partial charge in [-0.3, -0.25) is 0 Å². The molecule has 4 fully saturated rings. The third kappa shape index (κ3) is 4.01. The smallest absolute Gasteiger partial charge is 0.178 e. The van der Waals surface area contributed by atoms with Gasteiger partial charge in [0.05, 0.1) is 16.8 Å². The third-order valence-corrected chi connectivity index (χ3v) is 13.1. The van der Waals surface area contributed by atoms with Crippen LogP contribution in [0, 0.1) is 46.3 Å². The van der Waals surface area contributed by atoms with Crippen LogP contribution >= 0.6 is 0 Å². The van der Waals surface area contributed by atoms with Crippen molar-refractivity contribution in [1.29, 1.82) is 0 Å². The lowest BCUT2D eigenvalue weighted by molar-refractivity contribution is -0.129. The van der Waals surface area contributed by atoms with E-state index < -0.39 is 9.84 Å². The van der Waals surface area contributed by atoms with Crippen LogP contribution in [0.15, 0.2) is 35.2 Å². The zero-order valence-corrected chi connectivity index (χ0v) is 21.7. The average Bonchev–Trinajstić information content (AvgIpc) is 3.16. The predicted molar refractivity (Wildman–Crippen MR) is 133 cm³/mol. The zero-order valence-electron chi connectivity index (χ0n) is 20.9. The second kappa shape index (κ2) is 8.66. The van der Waals surface area contributed by atoms with E-state index in [1.807, 2.05) is 18.2 Å². The van der Waals surface area contributed by atoms with Crippen molar-refractivity contribution in [3.63, 3.8) is 0 Å². The Bertz CT molecular complexity index is 943. The maximum Gasteiger partial charge on any atom is 0.178 e. The fraction of sp³-hybridized carbons (Fsp3) is 0.793. The van der Waals surface area contributed by atoms with Crippen LogP contribution in [0.25, 0.3) is 0 Å². The third-order valence-electron chi connectivity index (χ3n) is 11.3. The van der Waals surface area contributed by atoms with Gasteiger partial charge >= 0.3 is 0 Å². The summed E-state index contributed by atoms with van der Waals surface area (Å²) in [5.41, 5.74) is 0.797. The highest BCUT2D eigenvalue weighted by molar-refractivity contribution is 7.91. The Labute approximate surface area is 201 Å². The van der Waals surface area contributed by atoms with Crippen molar-refractivity contribution < 1.29 is 13.5 Å². The van der Waals surface area contributed by atoms with E-state index in [0.717, 1.165) is 37.0 Å². The molecule has 9 atom stereocenters. The molecule has 4 aliphatic carbocycles. The highest BCUT2D eigenvalue weighted by Gasteiger charge is 2.60. The molecule has 0 radical (unpaired) electrons. The summed E-state index contributed by atoms with van der Waals surface area (Å²) in [6.45, 7) is 7.45. The Morgan fingerprint density at radius 1 is 0.939 bits per heavy atom. The van der Waals surface area contributed by atoms with Gasteiger partial charge in [0.15, 0.2) is 9.84 Å². The van der Waals surface area contributed by atoms with Gasteiger partial charge in [0.25, 0.3) is 0 Å². The van der Waals surface area contributed by atoms with Gasteiger partial charge in [-0.15, -0.1) is 0 Å². The SMILES string of the molecule is C[C@H](CCS(=O)(=O)c1ccccc1)[C@H]1CCC2C3CCC4C[C@@H](O)CC[C@]4(C)[C@H]3CC[C@@]21C. The number of hydrogen-bond acceptors (Lipinski definition) is 3. The first kappa shape index (κ1) is 23.9. The van der Waals surface area contributed by atoms with Crippen LogP contribution in [-0.2, 0) is 9.84 Å². The minimum absolute atomic E-state index is 0.0719. The number of rotatable bonds is 5. The Morgan fingerprint density at radius 3 is 2.39 bits per heavy atom. The van der Waals surface area contributed by atoms with Gasteiger partial charge in [-0.05, 0) is 123 Å². The van der Waals surface area contributed by atoms with Crippen LogP contribution in [0.5, 0.6) is 0 Å². The number of aliphatic hydroxyl groups is 1. The van der Waals surface area contributed by atoms with Crippen molar-refractivity contribution in [1.82, 2.24) is 0 Å². The monoisotopic (exact) mass is 472 g/mol. The molecule has 3 unspecified atom stereocenters. The lowest BCUT2D eigenvalue weighted by Gasteiger charge is -2.61. The van der Waals surface area contributed by atoms with Crippen molar-refractivity contribution in [3.8, 4) is 0 Å². The van der Waals surface area contributed by atoms with Gasteiger partial charge in [0.1, 0.15) is 0 Å². The summed E-state index contributed by atoms with van der Waals surface area (Å²) in [5, 5.41) is 10.3. The molecule has 0 heterocycles. The van der Waals surface area contributed by atoms with Gasteiger partial charge in [0.2, 0.25) is 0 Å². The normalized spacial score (nSPS) is 43.9. The summed E-state index contributed by atoms with van der Waals surface area (Å²) in [4.78, 5) is 0.468. The standard InChI is InChI=1S/C29H44O3S/c1-20(15-18-33(31,32)23-7-5-4-6-8-23)25-11-12-26-24-10-9-21-19-22(30)13-16-28(21,2)27(24)14-17-29(25,26)3/h4-8,20-22,24-27,30H,9-19H2,1-3H3/t20-,21?,22+,24?,25-,26?,27+,28+,29-/m1/s1. The van der Waals surface area contributed by atoms with Crippen LogP contribution < -0.4 is 0 Å². The minimum atomic E-state index is -3.20. The van der Waals surface area contributed by atoms with E-state index in [2.05, 4.69) is 20.8 Å². The molecule has 0 bridgehead atoms. The van der Waals surface area contributed by atoms with Crippen molar-refractivity contribution in [2.75, 3.05) is 5.75 Å². The van der Waals surface area contributed by atoms with Crippen molar-refractivity contribution in [3.05, 3.63) is 30.3 Å². The van der Waals surface area contributed by atoms with Gasteiger partial charge in [-0.2, -0.15) is 0 Å². The van der Waals surface area contributed by atoms with E-state index in [9.17, 15) is 13.5 Å². The summed E-state index contributed by atoms with van der Waals surface area (Å²) in [5.74, 6) is 4.55. The van der Waals surface area contributed by atoms with E-state index >= 15 is 0 Å². The van der Waals surface area contributed by atoms with Crippen LogP contribution in [0.1, 0.15) is 85.0 Å². The second-order valence-electron chi connectivity index (χ2n) is 12.7. The molecule has 0 spiro atoms. The number of benzene rings is 1.